The van der Waals surface area contributed by atoms with E-state index < -0.39 is 5.97 Å². The SMILES string of the molecule is O=C(O)CCCSC(c1ccccc1)c1ccccc1. The number of hydrogen-bond donors (Lipinski definition) is 1. The van der Waals surface area contributed by atoms with Gasteiger partial charge in [0, 0.05) is 6.42 Å². The number of hydrogen-bond acceptors (Lipinski definition) is 2. The third-order valence-electron chi connectivity index (χ3n) is 3.02. The van der Waals surface area contributed by atoms with E-state index in [0.717, 1.165) is 5.75 Å². The summed E-state index contributed by atoms with van der Waals surface area (Å²) in [7, 11) is 0. The van der Waals surface area contributed by atoms with Crippen molar-refractivity contribution < 1.29 is 9.90 Å². The van der Waals surface area contributed by atoms with Crippen LogP contribution in [0, 0.1) is 0 Å². The molecule has 0 radical (unpaired) electrons. The van der Waals surface area contributed by atoms with Gasteiger partial charge in [0.15, 0.2) is 0 Å². The van der Waals surface area contributed by atoms with Crippen molar-refractivity contribution >= 4 is 17.7 Å². The van der Waals surface area contributed by atoms with Gasteiger partial charge in [-0.1, -0.05) is 60.7 Å². The lowest BCUT2D eigenvalue weighted by atomic mass is 10.0. The Bertz CT molecular complexity index is 486. The van der Waals surface area contributed by atoms with Gasteiger partial charge in [-0.3, -0.25) is 4.79 Å². The van der Waals surface area contributed by atoms with Crippen molar-refractivity contribution in [2.24, 2.45) is 0 Å². The number of carbonyl (C=O) groups is 1. The molecule has 0 unspecified atom stereocenters. The predicted octanol–water partition coefficient (Wildman–Crippen LogP) is 4.37. The van der Waals surface area contributed by atoms with Crippen LogP contribution >= 0.6 is 11.8 Å². The third kappa shape index (κ3) is 4.42. The van der Waals surface area contributed by atoms with Crippen LogP contribution in [0.2, 0.25) is 0 Å². The lowest BCUT2D eigenvalue weighted by molar-refractivity contribution is -0.137. The normalized spacial score (nSPS) is 10.7. The minimum absolute atomic E-state index is 0.239. The predicted molar refractivity (Wildman–Crippen MR) is 84.1 cm³/mol. The summed E-state index contributed by atoms with van der Waals surface area (Å²) >= 11 is 1.81. The van der Waals surface area contributed by atoms with Crippen LogP contribution in [-0.2, 0) is 4.79 Å². The van der Waals surface area contributed by atoms with E-state index >= 15 is 0 Å². The molecule has 2 nitrogen and oxygen atoms in total. The van der Waals surface area contributed by atoms with Crippen molar-refractivity contribution in [2.75, 3.05) is 5.75 Å². The van der Waals surface area contributed by atoms with Gasteiger partial charge in [-0.25, -0.2) is 0 Å². The molecule has 2 rings (SSSR count). The van der Waals surface area contributed by atoms with Gasteiger partial charge in [0.25, 0.3) is 0 Å². The third-order valence-corrected chi connectivity index (χ3v) is 4.43. The van der Waals surface area contributed by atoms with Crippen LogP contribution in [0.3, 0.4) is 0 Å². The first-order chi connectivity index (χ1) is 9.77. The maximum absolute atomic E-state index is 10.6. The van der Waals surface area contributed by atoms with Gasteiger partial charge < -0.3 is 5.11 Å². The van der Waals surface area contributed by atoms with Crippen molar-refractivity contribution in [2.45, 2.75) is 18.1 Å². The minimum atomic E-state index is -0.721. The van der Waals surface area contributed by atoms with Crippen LogP contribution in [0.25, 0.3) is 0 Å². The Morgan fingerprint density at radius 2 is 1.45 bits per heavy atom. The fourth-order valence-electron chi connectivity index (χ4n) is 2.07. The average Bonchev–Trinajstić information content (AvgIpc) is 2.49. The standard InChI is InChI=1S/C17H18O2S/c18-16(19)12-7-13-20-17(14-8-3-1-4-9-14)15-10-5-2-6-11-15/h1-6,8-11,17H,7,12-13H2,(H,18,19). The number of carboxylic acids is 1. The first kappa shape index (κ1) is 14.7. The van der Waals surface area contributed by atoms with Gasteiger partial charge in [0.1, 0.15) is 0 Å². The van der Waals surface area contributed by atoms with Gasteiger partial charge in [0.2, 0.25) is 0 Å². The summed E-state index contributed by atoms with van der Waals surface area (Å²) in [5, 5.41) is 8.97. The van der Waals surface area contributed by atoms with E-state index in [1.807, 2.05) is 36.4 Å². The highest BCUT2D eigenvalue weighted by molar-refractivity contribution is 7.99. The summed E-state index contributed by atoms with van der Waals surface area (Å²) < 4.78 is 0. The van der Waals surface area contributed by atoms with Gasteiger partial charge in [0.05, 0.1) is 5.25 Å². The molecule has 0 fully saturated rings. The summed E-state index contributed by atoms with van der Waals surface area (Å²) in [6.07, 6.45) is 0.944. The lowest BCUT2D eigenvalue weighted by Gasteiger charge is -2.17. The molecule has 0 saturated carbocycles. The van der Waals surface area contributed by atoms with E-state index in [4.69, 9.17) is 5.11 Å². The summed E-state index contributed by atoms with van der Waals surface area (Å²) in [5.41, 5.74) is 2.53. The van der Waals surface area contributed by atoms with Crippen LogP contribution in [0.15, 0.2) is 60.7 Å². The van der Waals surface area contributed by atoms with Crippen LogP contribution in [-0.4, -0.2) is 16.8 Å². The van der Waals surface area contributed by atoms with Crippen LogP contribution in [0.4, 0.5) is 0 Å². The van der Waals surface area contributed by atoms with Crippen molar-refractivity contribution in [1.82, 2.24) is 0 Å². The second-order valence-electron chi connectivity index (χ2n) is 4.57. The second-order valence-corrected chi connectivity index (χ2v) is 5.78. The van der Waals surface area contributed by atoms with E-state index in [0.29, 0.717) is 6.42 Å². The molecule has 2 aromatic carbocycles. The topological polar surface area (TPSA) is 37.3 Å². The maximum Gasteiger partial charge on any atom is 0.303 e. The lowest BCUT2D eigenvalue weighted by Crippen LogP contribution is -2.00. The molecular weight excluding hydrogens is 268 g/mol. The average molecular weight is 286 g/mol. The van der Waals surface area contributed by atoms with Crippen molar-refractivity contribution in [3.63, 3.8) is 0 Å². The highest BCUT2D eigenvalue weighted by Crippen LogP contribution is 2.35. The van der Waals surface area contributed by atoms with Crippen molar-refractivity contribution in [3.05, 3.63) is 71.8 Å². The smallest absolute Gasteiger partial charge is 0.303 e. The molecule has 1 N–H and O–H groups in total. The highest BCUT2D eigenvalue weighted by Gasteiger charge is 2.14. The first-order valence-corrected chi connectivity index (χ1v) is 7.75. The molecule has 0 heterocycles. The molecule has 0 aliphatic rings. The Labute approximate surface area is 123 Å². The number of aliphatic carboxylic acids is 1. The zero-order chi connectivity index (χ0) is 14.2. The minimum Gasteiger partial charge on any atom is -0.481 e. The Balaban J connectivity index is 2.07. The molecule has 20 heavy (non-hydrogen) atoms. The molecule has 0 saturated heterocycles. The molecule has 3 heteroatoms. The van der Waals surface area contributed by atoms with E-state index in [2.05, 4.69) is 24.3 Å². The van der Waals surface area contributed by atoms with Gasteiger partial charge in [-0.15, -0.1) is 11.8 Å². The van der Waals surface area contributed by atoms with Gasteiger partial charge >= 0.3 is 5.97 Å². The largest absolute Gasteiger partial charge is 0.481 e. The number of carboxylic acid groups (broad SMARTS) is 1. The van der Waals surface area contributed by atoms with Crippen molar-refractivity contribution in [1.29, 1.82) is 0 Å². The van der Waals surface area contributed by atoms with Crippen LogP contribution in [0.1, 0.15) is 29.2 Å². The van der Waals surface area contributed by atoms with E-state index in [1.165, 1.54) is 11.1 Å². The molecule has 0 amide bonds. The molecule has 2 aromatic rings. The Kier molecular flexibility index (Phi) is 5.69. The van der Waals surface area contributed by atoms with Crippen LogP contribution < -0.4 is 0 Å². The summed E-state index contributed by atoms with van der Waals surface area (Å²) in [6.45, 7) is 0. The number of rotatable bonds is 7. The Hall–Kier alpha value is -1.74. The zero-order valence-electron chi connectivity index (χ0n) is 11.2. The van der Waals surface area contributed by atoms with E-state index in [9.17, 15) is 4.79 Å². The Morgan fingerprint density at radius 1 is 0.950 bits per heavy atom. The van der Waals surface area contributed by atoms with E-state index in [1.54, 1.807) is 11.8 Å². The van der Waals surface area contributed by atoms with Gasteiger partial charge in [-0.2, -0.15) is 0 Å². The fourth-order valence-corrected chi connectivity index (χ4v) is 3.31. The molecule has 0 bridgehead atoms. The highest BCUT2D eigenvalue weighted by atomic mass is 32.2. The number of thioether (sulfide) groups is 1. The molecule has 0 atom stereocenters. The van der Waals surface area contributed by atoms with Crippen LogP contribution in [0.5, 0.6) is 0 Å². The molecule has 0 spiro atoms. The summed E-state index contributed by atoms with van der Waals surface area (Å²) in [4.78, 5) is 10.6. The molecule has 0 aliphatic heterocycles. The molecule has 0 aromatic heterocycles. The number of benzene rings is 2. The maximum atomic E-state index is 10.6. The monoisotopic (exact) mass is 286 g/mol. The summed E-state index contributed by atoms with van der Waals surface area (Å²) in [6, 6.07) is 20.7. The quantitative estimate of drug-likeness (QED) is 0.768. The van der Waals surface area contributed by atoms with Crippen molar-refractivity contribution in [3.8, 4) is 0 Å². The first-order valence-electron chi connectivity index (χ1n) is 6.70. The molecule has 104 valence electrons. The summed E-state index contributed by atoms with van der Waals surface area (Å²) in [5.74, 6) is 0.127. The second kappa shape index (κ2) is 7.75. The zero-order valence-corrected chi connectivity index (χ0v) is 12.1. The molecule has 0 aliphatic carbocycles. The fraction of sp³-hybridized carbons (Fsp3) is 0.235. The van der Waals surface area contributed by atoms with Gasteiger partial charge in [-0.05, 0) is 23.3 Å². The van der Waals surface area contributed by atoms with E-state index in [-0.39, 0.29) is 11.7 Å². The Morgan fingerprint density at radius 3 is 1.90 bits per heavy atom. The molecular formula is C17H18O2S.